The number of hydrogen-bond acceptors (Lipinski definition) is 2. The van der Waals surface area contributed by atoms with Crippen molar-refractivity contribution >= 4 is 12.6 Å². The molecule has 1 atom stereocenters. The lowest BCUT2D eigenvalue weighted by molar-refractivity contribution is -0.108. The number of carbonyl (C=O) groups excluding carboxylic acids is 2. The molecule has 0 fully saturated rings. The molecule has 0 spiro atoms. The third-order valence-electron chi connectivity index (χ3n) is 2.47. The van der Waals surface area contributed by atoms with Gasteiger partial charge >= 0.3 is 0 Å². The van der Waals surface area contributed by atoms with E-state index in [0.717, 1.165) is 11.8 Å². The molecule has 0 saturated heterocycles. The first-order valence-corrected chi connectivity index (χ1v) is 4.79. The van der Waals surface area contributed by atoms with E-state index in [1.807, 2.05) is 6.92 Å². The minimum Gasteiger partial charge on any atom is -0.303 e. The van der Waals surface area contributed by atoms with E-state index in [4.69, 9.17) is 0 Å². The topological polar surface area (TPSA) is 34.1 Å². The molecule has 2 nitrogen and oxygen atoms in total. The first-order valence-electron chi connectivity index (χ1n) is 4.79. The van der Waals surface area contributed by atoms with Crippen LogP contribution in [0.4, 0.5) is 4.39 Å². The summed E-state index contributed by atoms with van der Waals surface area (Å²) in [7, 11) is 0. The van der Waals surface area contributed by atoms with Crippen molar-refractivity contribution in [3.8, 4) is 0 Å². The van der Waals surface area contributed by atoms with Gasteiger partial charge in [0.15, 0.2) is 0 Å². The van der Waals surface area contributed by atoms with E-state index in [2.05, 4.69) is 0 Å². The molecular weight excluding hydrogens is 195 g/mol. The van der Waals surface area contributed by atoms with Crippen molar-refractivity contribution in [1.82, 2.24) is 0 Å². The zero-order valence-electron chi connectivity index (χ0n) is 8.79. The molecular formula is C12H13FO2. The highest BCUT2D eigenvalue weighted by molar-refractivity contribution is 5.78. The molecule has 80 valence electrons. The van der Waals surface area contributed by atoms with Gasteiger partial charge in [-0.05, 0) is 30.0 Å². The van der Waals surface area contributed by atoms with Gasteiger partial charge in [-0.25, -0.2) is 4.39 Å². The largest absolute Gasteiger partial charge is 0.303 e. The second-order valence-corrected chi connectivity index (χ2v) is 3.65. The van der Waals surface area contributed by atoms with Crippen molar-refractivity contribution in [2.75, 3.05) is 0 Å². The Labute approximate surface area is 88.1 Å². The van der Waals surface area contributed by atoms with Gasteiger partial charge in [0.1, 0.15) is 18.4 Å². The molecule has 3 heteroatoms. The van der Waals surface area contributed by atoms with E-state index in [1.165, 1.54) is 6.07 Å². The van der Waals surface area contributed by atoms with Crippen molar-refractivity contribution in [3.05, 3.63) is 34.6 Å². The molecule has 1 aromatic rings. The van der Waals surface area contributed by atoms with Gasteiger partial charge in [-0.2, -0.15) is 0 Å². The Morgan fingerprint density at radius 3 is 2.60 bits per heavy atom. The molecule has 1 aromatic carbocycles. The van der Waals surface area contributed by atoms with E-state index in [9.17, 15) is 14.0 Å². The molecule has 0 bridgehead atoms. The summed E-state index contributed by atoms with van der Waals surface area (Å²) in [6.45, 7) is 3.48. The fraction of sp³-hybridized carbons (Fsp3) is 0.333. The van der Waals surface area contributed by atoms with Crippen LogP contribution in [-0.4, -0.2) is 12.6 Å². The zero-order valence-corrected chi connectivity index (χ0v) is 8.79. The monoisotopic (exact) mass is 208 g/mol. The lowest BCUT2D eigenvalue weighted by Gasteiger charge is -2.12. The maximum Gasteiger partial charge on any atom is 0.150 e. The van der Waals surface area contributed by atoms with E-state index >= 15 is 0 Å². The van der Waals surface area contributed by atoms with Gasteiger partial charge in [-0.15, -0.1) is 0 Å². The van der Waals surface area contributed by atoms with Gasteiger partial charge < -0.3 is 4.79 Å². The number of carbonyl (C=O) groups is 2. The Bertz CT molecular complexity index is 385. The van der Waals surface area contributed by atoms with E-state index in [0.29, 0.717) is 23.8 Å². The Morgan fingerprint density at radius 1 is 1.40 bits per heavy atom. The minimum absolute atomic E-state index is 0.0537. The Balaban J connectivity index is 3.20. The van der Waals surface area contributed by atoms with Gasteiger partial charge in [0.05, 0.1) is 0 Å². The Morgan fingerprint density at radius 2 is 2.07 bits per heavy atom. The predicted molar refractivity (Wildman–Crippen MR) is 55.6 cm³/mol. The van der Waals surface area contributed by atoms with Crippen LogP contribution in [-0.2, 0) is 4.79 Å². The molecule has 0 radical (unpaired) electrons. The normalized spacial score (nSPS) is 12.2. The van der Waals surface area contributed by atoms with E-state index < -0.39 is 0 Å². The molecule has 0 amide bonds. The molecule has 0 aliphatic heterocycles. The van der Waals surface area contributed by atoms with Crippen LogP contribution in [0.3, 0.4) is 0 Å². The maximum absolute atomic E-state index is 13.2. The molecule has 0 aromatic heterocycles. The number of aldehydes is 2. The van der Waals surface area contributed by atoms with E-state index in [-0.39, 0.29) is 11.7 Å². The number of benzene rings is 1. The fourth-order valence-corrected chi connectivity index (χ4v) is 1.52. The molecule has 1 unspecified atom stereocenters. The summed E-state index contributed by atoms with van der Waals surface area (Å²) >= 11 is 0. The molecule has 0 N–H and O–H groups in total. The van der Waals surface area contributed by atoms with Gasteiger partial charge in [-0.3, -0.25) is 4.79 Å². The third kappa shape index (κ3) is 2.49. The van der Waals surface area contributed by atoms with Crippen LogP contribution in [0.2, 0.25) is 0 Å². The first kappa shape index (κ1) is 11.6. The fourth-order valence-electron chi connectivity index (χ4n) is 1.52. The molecule has 0 aliphatic rings. The van der Waals surface area contributed by atoms with Crippen LogP contribution in [0.25, 0.3) is 0 Å². The number of aryl methyl sites for hydroxylation is 1. The van der Waals surface area contributed by atoms with Crippen molar-refractivity contribution < 1.29 is 14.0 Å². The highest BCUT2D eigenvalue weighted by Gasteiger charge is 2.12. The number of halogens is 1. The summed E-state index contributed by atoms with van der Waals surface area (Å²) in [5.41, 5.74) is 1.55. The molecule has 1 rings (SSSR count). The summed E-state index contributed by atoms with van der Waals surface area (Å²) in [6.07, 6.45) is 1.77. The Kier molecular flexibility index (Phi) is 3.72. The van der Waals surface area contributed by atoms with Gasteiger partial charge in [0.2, 0.25) is 0 Å². The summed E-state index contributed by atoms with van der Waals surface area (Å²) in [5, 5.41) is 0. The van der Waals surface area contributed by atoms with Gasteiger partial charge in [0, 0.05) is 12.0 Å². The second-order valence-electron chi connectivity index (χ2n) is 3.65. The highest BCUT2D eigenvalue weighted by atomic mass is 19.1. The summed E-state index contributed by atoms with van der Waals surface area (Å²) in [6, 6.07) is 2.85. The van der Waals surface area contributed by atoms with Crippen molar-refractivity contribution in [2.24, 2.45) is 0 Å². The minimum atomic E-state index is -0.390. The first-order chi connectivity index (χ1) is 7.10. The van der Waals surface area contributed by atoms with Gasteiger partial charge in [-0.1, -0.05) is 13.0 Å². The van der Waals surface area contributed by atoms with Gasteiger partial charge in [0.25, 0.3) is 0 Å². The third-order valence-corrected chi connectivity index (χ3v) is 2.47. The van der Waals surface area contributed by atoms with Crippen LogP contribution in [0.1, 0.15) is 40.7 Å². The van der Waals surface area contributed by atoms with Crippen LogP contribution >= 0.6 is 0 Å². The molecule has 15 heavy (non-hydrogen) atoms. The summed E-state index contributed by atoms with van der Waals surface area (Å²) in [4.78, 5) is 21.1. The van der Waals surface area contributed by atoms with Crippen LogP contribution < -0.4 is 0 Å². The molecule has 0 aliphatic carbocycles. The van der Waals surface area contributed by atoms with Crippen molar-refractivity contribution in [3.63, 3.8) is 0 Å². The second kappa shape index (κ2) is 4.82. The maximum atomic E-state index is 13.2. The molecule has 0 heterocycles. The van der Waals surface area contributed by atoms with Crippen molar-refractivity contribution in [1.29, 1.82) is 0 Å². The van der Waals surface area contributed by atoms with E-state index in [1.54, 1.807) is 13.0 Å². The van der Waals surface area contributed by atoms with Crippen molar-refractivity contribution in [2.45, 2.75) is 26.2 Å². The SMILES string of the molecule is Cc1cc(C(C)CC=O)c(C=O)cc1F. The molecule has 0 saturated carbocycles. The van der Waals surface area contributed by atoms with Crippen LogP contribution in [0.5, 0.6) is 0 Å². The number of hydrogen-bond donors (Lipinski definition) is 0. The van der Waals surface area contributed by atoms with Crippen LogP contribution in [0.15, 0.2) is 12.1 Å². The Hall–Kier alpha value is -1.51. The lowest BCUT2D eigenvalue weighted by Crippen LogP contribution is -2.02. The predicted octanol–water partition coefficient (Wildman–Crippen LogP) is 2.64. The standard InChI is InChI=1S/C12H13FO2/c1-8(3-4-14)11-5-9(2)12(13)6-10(11)7-15/h4-8H,3H2,1-2H3. The zero-order chi connectivity index (χ0) is 11.4. The lowest BCUT2D eigenvalue weighted by atomic mass is 9.92. The highest BCUT2D eigenvalue weighted by Crippen LogP contribution is 2.24. The quantitative estimate of drug-likeness (QED) is 0.713. The summed E-state index contributed by atoms with van der Waals surface area (Å²) < 4.78 is 13.2. The number of rotatable bonds is 4. The average Bonchev–Trinajstić information content (AvgIpc) is 2.21. The summed E-state index contributed by atoms with van der Waals surface area (Å²) in [5.74, 6) is -0.443. The average molecular weight is 208 g/mol. The smallest absolute Gasteiger partial charge is 0.150 e. The van der Waals surface area contributed by atoms with Crippen LogP contribution in [0, 0.1) is 12.7 Å².